The molecule has 2 aromatic heterocycles. The SMILES string of the molecule is CCCCCc1nc2sc3c(c2c(=O)n1NS(=O)(=O)c1ccc(C)cc1)CCCC3. The number of unbranched alkanes of at least 4 members (excludes halogenated alkanes) is 2. The third-order valence-corrected chi connectivity index (χ3v) is 8.11. The fourth-order valence-corrected chi connectivity index (χ4v) is 6.23. The molecule has 30 heavy (non-hydrogen) atoms. The van der Waals surface area contributed by atoms with Gasteiger partial charge >= 0.3 is 0 Å². The van der Waals surface area contributed by atoms with Crippen LogP contribution in [0.2, 0.25) is 0 Å². The van der Waals surface area contributed by atoms with Crippen LogP contribution < -0.4 is 10.4 Å². The zero-order chi connectivity index (χ0) is 21.3. The number of thiophene rings is 1. The molecule has 0 saturated heterocycles. The number of fused-ring (bicyclic) bond motifs is 3. The van der Waals surface area contributed by atoms with E-state index in [1.165, 1.54) is 9.55 Å². The van der Waals surface area contributed by atoms with Gasteiger partial charge in [-0.15, -0.1) is 11.3 Å². The molecule has 1 aliphatic carbocycles. The van der Waals surface area contributed by atoms with Crippen LogP contribution in [0.25, 0.3) is 10.2 Å². The summed E-state index contributed by atoms with van der Waals surface area (Å²) in [5.74, 6) is 0.482. The fourth-order valence-electron chi connectivity index (χ4n) is 3.93. The normalized spacial score (nSPS) is 14.1. The van der Waals surface area contributed by atoms with Crippen molar-refractivity contribution in [3.05, 3.63) is 56.4 Å². The maximum atomic E-state index is 13.5. The highest BCUT2D eigenvalue weighted by Crippen LogP contribution is 2.33. The summed E-state index contributed by atoms with van der Waals surface area (Å²) < 4.78 is 27.2. The van der Waals surface area contributed by atoms with Crippen LogP contribution >= 0.6 is 11.3 Å². The Morgan fingerprint density at radius 3 is 2.60 bits per heavy atom. The summed E-state index contributed by atoms with van der Waals surface area (Å²) in [5, 5.41) is 0.584. The molecule has 0 unspecified atom stereocenters. The minimum atomic E-state index is -3.90. The van der Waals surface area contributed by atoms with Crippen LogP contribution in [0, 0.1) is 6.92 Å². The molecule has 0 spiro atoms. The topological polar surface area (TPSA) is 81.1 Å². The fraction of sp³-hybridized carbons (Fsp3) is 0.455. The molecule has 8 heteroatoms. The van der Waals surface area contributed by atoms with Crippen LogP contribution in [-0.4, -0.2) is 18.1 Å². The summed E-state index contributed by atoms with van der Waals surface area (Å²) in [6, 6.07) is 6.60. The average Bonchev–Trinajstić information content (AvgIpc) is 3.09. The lowest BCUT2D eigenvalue weighted by molar-refractivity contribution is 0.590. The standard InChI is InChI=1S/C22H27N3O3S2/c1-3-4-5-10-19-23-21-20(17-8-6-7-9-18(17)29-21)22(26)25(19)24-30(27,28)16-13-11-15(2)12-14-16/h11-14,24H,3-10H2,1-2H3. The lowest BCUT2D eigenvalue weighted by atomic mass is 9.97. The van der Waals surface area contributed by atoms with Crippen LogP contribution in [0.15, 0.2) is 34.0 Å². The van der Waals surface area contributed by atoms with Gasteiger partial charge in [-0.3, -0.25) is 4.79 Å². The van der Waals surface area contributed by atoms with Gasteiger partial charge in [0.15, 0.2) is 0 Å². The van der Waals surface area contributed by atoms with Gasteiger partial charge in [0.1, 0.15) is 10.7 Å². The van der Waals surface area contributed by atoms with E-state index in [9.17, 15) is 13.2 Å². The third-order valence-electron chi connectivity index (χ3n) is 5.61. The molecule has 4 rings (SSSR count). The van der Waals surface area contributed by atoms with Crippen molar-refractivity contribution in [1.29, 1.82) is 0 Å². The first-order valence-corrected chi connectivity index (χ1v) is 12.9. The lowest BCUT2D eigenvalue weighted by Crippen LogP contribution is -2.36. The Morgan fingerprint density at radius 2 is 1.87 bits per heavy atom. The molecule has 0 aliphatic heterocycles. The maximum absolute atomic E-state index is 13.5. The third kappa shape index (κ3) is 4.03. The minimum Gasteiger partial charge on any atom is -0.267 e. The van der Waals surface area contributed by atoms with Crippen LogP contribution in [0.3, 0.4) is 0 Å². The summed E-state index contributed by atoms with van der Waals surface area (Å²) in [5.41, 5.74) is 1.73. The molecule has 0 bridgehead atoms. The summed E-state index contributed by atoms with van der Waals surface area (Å²) in [7, 11) is -3.90. The van der Waals surface area contributed by atoms with Crippen molar-refractivity contribution in [2.24, 2.45) is 0 Å². The first-order chi connectivity index (χ1) is 14.4. The van der Waals surface area contributed by atoms with Crippen molar-refractivity contribution in [1.82, 2.24) is 9.66 Å². The number of nitrogens with zero attached hydrogens (tertiary/aromatic N) is 2. The van der Waals surface area contributed by atoms with Crippen molar-refractivity contribution in [2.75, 3.05) is 4.83 Å². The second kappa shape index (κ2) is 8.51. The van der Waals surface area contributed by atoms with Gasteiger partial charge in [0.25, 0.3) is 15.6 Å². The Balaban J connectivity index is 1.83. The zero-order valence-corrected chi connectivity index (χ0v) is 19.0. The molecular formula is C22H27N3O3S2. The van der Waals surface area contributed by atoms with E-state index < -0.39 is 10.0 Å². The van der Waals surface area contributed by atoms with Crippen LogP contribution in [0.5, 0.6) is 0 Å². The number of aryl methyl sites for hydroxylation is 4. The molecule has 1 aliphatic rings. The largest absolute Gasteiger partial charge is 0.282 e. The Bertz CT molecular complexity index is 1230. The molecule has 2 heterocycles. The van der Waals surface area contributed by atoms with Crippen molar-refractivity contribution >= 4 is 31.6 Å². The molecule has 0 atom stereocenters. The number of hydrogen-bond donors (Lipinski definition) is 1. The second-order valence-electron chi connectivity index (χ2n) is 7.92. The molecule has 0 amide bonds. The molecule has 1 N–H and O–H groups in total. The van der Waals surface area contributed by atoms with E-state index in [1.807, 2.05) is 6.92 Å². The number of benzene rings is 1. The zero-order valence-electron chi connectivity index (χ0n) is 17.4. The molecule has 1 aromatic carbocycles. The van der Waals surface area contributed by atoms with Gasteiger partial charge in [0.05, 0.1) is 10.3 Å². The molecule has 6 nitrogen and oxygen atoms in total. The van der Waals surface area contributed by atoms with Gasteiger partial charge in [0.2, 0.25) is 0 Å². The van der Waals surface area contributed by atoms with E-state index in [1.54, 1.807) is 35.6 Å². The smallest absolute Gasteiger partial charge is 0.267 e. The minimum absolute atomic E-state index is 0.131. The van der Waals surface area contributed by atoms with E-state index >= 15 is 0 Å². The summed E-state index contributed by atoms with van der Waals surface area (Å²) in [6.45, 7) is 4.01. The number of nitrogens with one attached hydrogen (secondary N) is 1. The summed E-state index contributed by atoms with van der Waals surface area (Å²) in [4.78, 5) is 22.9. The monoisotopic (exact) mass is 445 g/mol. The highest BCUT2D eigenvalue weighted by Gasteiger charge is 2.24. The quantitative estimate of drug-likeness (QED) is 0.550. The van der Waals surface area contributed by atoms with Gasteiger partial charge in [-0.1, -0.05) is 37.5 Å². The Hall–Kier alpha value is -2.19. The number of rotatable bonds is 7. The van der Waals surface area contributed by atoms with Crippen molar-refractivity contribution in [3.63, 3.8) is 0 Å². The van der Waals surface area contributed by atoms with E-state index in [4.69, 9.17) is 4.98 Å². The molecule has 160 valence electrons. The van der Waals surface area contributed by atoms with Gasteiger partial charge < -0.3 is 0 Å². The Kier molecular flexibility index (Phi) is 5.97. The van der Waals surface area contributed by atoms with E-state index in [0.29, 0.717) is 17.6 Å². The van der Waals surface area contributed by atoms with Crippen molar-refractivity contribution < 1.29 is 8.42 Å². The van der Waals surface area contributed by atoms with E-state index in [2.05, 4.69) is 11.8 Å². The van der Waals surface area contributed by atoms with Gasteiger partial charge in [0, 0.05) is 11.3 Å². The highest BCUT2D eigenvalue weighted by molar-refractivity contribution is 7.92. The summed E-state index contributed by atoms with van der Waals surface area (Å²) >= 11 is 1.59. The second-order valence-corrected chi connectivity index (χ2v) is 10.7. The molecule has 0 fully saturated rings. The predicted octanol–water partition coefficient (Wildman–Crippen LogP) is 4.31. The number of hydrogen-bond acceptors (Lipinski definition) is 5. The first kappa shape index (κ1) is 21.1. The van der Waals surface area contributed by atoms with Crippen LogP contribution in [0.4, 0.5) is 0 Å². The first-order valence-electron chi connectivity index (χ1n) is 10.6. The molecule has 0 radical (unpaired) electrons. The predicted molar refractivity (Wildman–Crippen MR) is 121 cm³/mol. The van der Waals surface area contributed by atoms with Gasteiger partial charge in [-0.05, 0) is 56.7 Å². The Morgan fingerprint density at radius 1 is 1.13 bits per heavy atom. The molecular weight excluding hydrogens is 418 g/mol. The number of sulfonamides is 1. The average molecular weight is 446 g/mol. The maximum Gasteiger partial charge on any atom is 0.282 e. The molecule has 0 saturated carbocycles. The van der Waals surface area contributed by atoms with E-state index in [-0.39, 0.29) is 10.5 Å². The summed E-state index contributed by atoms with van der Waals surface area (Å²) in [6.07, 6.45) is 7.43. The Labute approximate surface area is 181 Å². The highest BCUT2D eigenvalue weighted by atomic mass is 32.2. The van der Waals surface area contributed by atoms with Crippen molar-refractivity contribution in [3.8, 4) is 0 Å². The number of aromatic nitrogens is 2. The van der Waals surface area contributed by atoms with E-state index in [0.717, 1.165) is 60.9 Å². The van der Waals surface area contributed by atoms with Crippen LogP contribution in [0.1, 0.15) is 60.9 Å². The van der Waals surface area contributed by atoms with Crippen molar-refractivity contribution in [2.45, 2.75) is 70.1 Å². The van der Waals surface area contributed by atoms with Gasteiger partial charge in [-0.25, -0.2) is 9.82 Å². The van der Waals surface area contributed by atoms with Gasteiger partial charge in [-0.2, -0.15) is 13.1 Å². The lowest BCUT2D eigenvalue weighted by Gasteiger charge is -2.16. The van der Waals surface area contributed by atoms with Crippen LogP contribution in [-0.2, 0) is 29.3 Å². The molecule has 3 aromatic rings.